The van der Waals surface area contributed by atoms with Gasteiger partial charge in [-0.2, -0.15) is 0 Å². The minimum Gasteiger partial charge on any atom is -0.477 e. The van der Waals surface area contributed by atoms with Gasteiger partial charge in [-0.05, 0) is 18.4 Å². The molecule has 0 aliphatic carbocycles. The van der Waals surface area contributed by atoms with Crippen LogP contribution in [0.25, 0.3) is 0 Å². The molecule has 6 atom stereocenters. The van der Waals surface area contributed by atoms with E-state index in [4.69, 9.17) is 14.2 Å². The van der Waals surface area contributed by atoms with Gasteiger partial charge in [0.05, 0.1) is 50.7 Å². The third-order valence-corrected chi connectivity index (χ3v) is 8.78. The normalized spacial score (nSPS) is 20.8. The molecule has 2 heterocycles. The number of unbranched alkanes of at least 4 members (excludes halogenated alkanes) is 5. The van der Waals surface area contributed by atoms with Crippen molar-refractivity contribution in [3.8, 4) is 0 Å². The molecule has 0 spiro atoms. The van der Waals surface area contributed by atoms with E-state index in [9.17, 15) is 53.5 Å². The molecule has 1 aromatic heterocycles. The van der Waals surface area contributed by atoms with Crippen LogP contribution in [-0.2, 0) is 53.0 Å². The first-order valence-electron chi connectivity index (χ1n) is 18.1. The Kier molecular flexibility index (Phi) is 18.9. The number of alkyl halides is 2. The first kappa shape index (κ1) is 45.2. The number of benzene rings is 1. The Balaban J connectivity index is 1.46. The summed E-state index contributed by atoms with van der Waals surface area (Å²) in [7, 11) is 0. The summed E-state index contributed by atoms with van der Waals surface area (Å²) in [6, 6.07) is 3.56. The lowest BCUT2D eigenvalue weighted by Gasteiger charge is -2.46. The Morgan fingerprint density at radius 2 is 1.71 bits per heavy atom. The van der Waals surface area contributed by atoms with Crippen molar-refractivity contribution in [1.82, 2.24) is 30.9 Å². The lowest BCUT2D eigenvalue weighted by atomic mass is 9.88. The summed E-state index contributed by atoms with van der Waals surface area (Å²) in [5, 5.41) is 67.6. The van der Waals surface area contributed by atoms with Crippen LogP contribution < -0.4 is 16.0 Å². The second kappa shape index (κ2) is 23.0. The smallest absolute Gasteiger partial charge is 0.364 e. The zero-order chi connectivity index (χ0) is 40.4. The number of aryl methyl sites for hydroxylation is 1. The Hall–Kier alpha value is -4.18. The number of halogens is 2. The molecule has 1 saturated heterocycles. The number of carbonyl (C=O) groups excluding carboxylic acids is 3. The Labute approximate surface area is 316 Å². The summed E-state index contributed by atoms with van der Waals surface area (Å²) in [4.78, 5) is 47.9. The van der Waals surface area contributed by atoms with Gasteiger partial charge in [-0.1, -0.05) is 55.2 Å². The first-order chi connectivity index (χ1) is 26.2. The highest BCUT2D eigenvalue weighted by atomic mass is 19.3. The van der Waals surface area contributed by atoms with E-state index in [0.717, 1.165) is 25.7 Å². The summed E-state index contributed by atoms with van der Waals surface area (Å²) >= 11 is 0. The van der Waals surface area contributed by atoms with Crippen molar-refractivity contribution in [2.75, 3.05) is 32.9 Å². The minimum absolute atomic E-state index is 0.0962. The first-order valence-corrected chi connectivity index (χ1v) is 18.1. The van der Waals surface area contributed by atoms with Crippen LogP contribution in [0.4, 0.5) is 8.78 Å². The van der Waals surface area contributed by atoms with Gasteiger partial charge in [0.1, 0.15) is 24.5 Å². The fourth-order valence-corrected chi connectivity index (χ4v) is 5.84. The molecule has 55 heavy (non-hydrogen) atoms. The van der Waals surface area contributed by atoms with E-state index >= 15 is 0 Å². The van der Waals surface area contributed by atoms with Crippen LogP contribution >= 0.6 is 0 Å². The zero-order valence-electron chi connectivity index (χ0n) is 30.6. The maximum Gasteiger partial charge on any atom is 0.364 e. The van der Waals surface area contributed by atoms with E-state index in [-0.39, 0.29) is 31.1 Å². The van der Waals surface area contributed by atoms with Gasteiger partial charge in [-0.25, -0.2) is 13.6 Å². The maximum atomic E-state index is 12.8. The van der Waals surface area contributed by atoms with E-state index in [1.54, 1.807) is 10.9 Å². The number of carbonyl (C=O) groups is 4. The van der Waals surface area contributed by atoms with Gasteiger partial charge >= 0.3 is 5.97 Å². The number of aliphatic hydroxyl groups is 4. The number of rotatable bonds is 25. The monoisotopic (exact) mass is 786 g/mol. The largest absolute Gasteiger partial charge is 0.477 e. The van der Waals surface area contributed by atoms with Crippen molar-refractivity contribution in [2.45, 2.75) is 114 Å². The van der Waals surface area contributed by atoms with E-state index < -0.39 is 80.0 Å². The number of aromatic nitrogens is 3. The van der Waals surface area contributed by atoms with E-state index in [2.05, 4.69) is 26.3 Å². The standard InChI is InChI=1S/C35H52F2N6O12/c1-22(45)38-12-15-53-21-25-19-43(42-41-25)13-6-4-2-3-5-7-14-54-35(34(51)52)17-26(46)30(40-29(49)20-44)32(55-35)31(50)27(47)18-39-28(48)16-23-8-10-24(11-9-23)33(36)37/h8-11,19,26-27,30-33,44,46-47,50H,2-7,12-18,20-21H2,1H3,(H,38,45)(H,39,48)(H,40,49)(H,51,52)/t26-,27+,30+,31+,32+,35+/m0/s1. The highest BCUT2D eigenvalue weighted by Crippen LogP contribution is 2.34. The highest BCUT2D eigenvalue weighted by Gasteiger charge is 2.55. The molecule has 308 valence electrons. The van der Waals surface area contributed by atoms with Gasteiger partial charge in [0.2, 0.25) is 17.7 Å². The average molecular weight is 787 g/mol. The maximum absolute atomic E-state index is 12.8. The lowest BCUT2D eigenvalue weighted by molar-refractivity contribution is -0.310. The summed E-state index contributed by atoms with van der Waals surface area (Å²) in [6.45, 7) is 1.50. The molecule has 20 heteroatoms. The molecular weight excluding hydrogens is 734 g/mol. The third kappa shape index (κ3) is 15.1. The van der Waals surface area contributed by atoms with Gasteiger partial charge in [0, 0.05) is 38.5 Å². The van der Waals surface area contributed by atoms with Crippen LogP contribution in [0.5, 0.6) is 0 Å². The van der Waals surface area contributed by atoms with Gasteiger partial charge in [0.15, 0.2) is 0 Å². The molecule has 0 bridgehead atoms. The molecule has 2 aromatic rings. The predicted octanol–water partition coefficient (Wildman–Crippen LogP) is -0.286. The molecule has 18 nitrogen and oxygen atoms in total. The number of ether oxygens (including phenoxy) is 3. The molecule has 1 aromatic carbocycles. The number of carboxylic acids is 1. The number of aliphatic carboxylic acids is 1. The van der Waals surface area contributed by atoms with E-state index in [1.165, 1.54) is 31.2 Å². The Morgan fingerprint density at radius 1 is 1.02 bits per heavy atom. The zero-order valence-corrected chi connectivity index (χ0v) is 30.6. The summed E-state index contributed by atoms with van der Waals surface area (Å²) in [5.41, 5.74) is 0.868. The van der Waals surface area contributed by atoms with Crippen molar-refractivity contribution in [3.63, 3.8) is 0 Å². The Bertz CT molecular complexity index is 1500. The average Bonchev–Trinajstić information content (AvgIpc) is 3.60. The van der Waals surface area contributed by atoms with E-state index in [0.29, 0.717) is 43.8 Å². The van der Waals surface area contributed by atoms with Gasteiger partial charge in [0.25, 0.3) is 12.2 Å². The summed E-state index contributed by atoms with van der Waals surface area (Å²) in [5.74, 6) is -5.81. The number of nitrogens with zero attached hydrogens (tertiary/aromatic N) is 3. The molecule has 3 rings (SSSR count). The highest BCUT2D eigenvalue weighted by molar-refractivity contribution is 5.79. The number of hydrogen-bond donors (Lipinski definition) is 8. The van der Waals surface area contributed by atoms with Crippen LogP contribution in [0.3, 0.4) is 0 Å². The number of amides is 3. The van der Waals surface area contributed by atoms with E-state index in [1.807, 2.05) is 0 Å². The molecule has 1 aliphatic heterocycles. The summed E-state index contributed by atoms with van der Waals surface area (Å²) in [6.07, 6.45) is -4.43. The third-order valence-electron chi connectivity index (χ3n) is 8.78. The molecule has 0 saturated carbocycles. The lowest BCUT2D eigenvalue weighted by Crippen LogP contribution is -2.68. The fraction of sp³-hybridized carbons (Fsp3) is 0.657. The van der Waals surface area contributed by atoms with Crippen LogP contribution in [0.2, 0.25) is 0 Å². The Morgan fingerprint density at radius 3 is 2.36 bits per heavy atom. The van der Waals surface area contributed by atoms with Crippen LogP contribution in [-0.4, -0.2) is 133 Å². The minimum atomic E-state index is -2.67. The predicted molar refractivity (Wildman–Crippen MR) is 187 cm³/mol. The van der Waals surface area contributed by atoms with Crippen LogP contribution in [0, 0.1) is 0 Å². The van der Waals surface area contributed by atoms with Crippen molar-refractivity contribution in [2.24, 2.45) is 0 Å². The molecule has 0 radical (unpaired) electrons. The number of hydrogen-bond acceptors (Lipinski definition) is 13. The van der Waals surface area contributed by atoms with Crippen molar-refractivity contribution >= 4 is 23.7 Å². The fourth-order valence-electron chi connectivity index (χ4n) is 5.84. The van der Waals surface area contributed by atoms with Gasteiger partial charge in [-0.3, -0.25) is 19.1 Å². The van der Waals surface area contributed by atoms with Crippen molar-refractivity contribution in [1.29, 1.82) is 0 Å². The SMILES string of the molecule is CC(=O)NCCOCc1cn(CCCCCCCCO[C@]2(C(=O)O)C[C@H](O)[C@@H](NC(=O)CO)[C@H]([C@H](O)[C@H](O)CNC(=O)Cc3ccc(C(F)F)cc3)O2)nn1. The van der Waals surface area contributed by atoms with Crippen molar-refractivity contribution in [3.05, 3.63) is 47.3 Å². The molecule has 1 aliphatic rings. The van der Waals surface area contributed by atoms with Crippen LogP contribution in [0.1, 0.15) is 75.1 Å². The molecule has 3 amide bonds. The van der Waals surface area contributed by atoms with Gasteiger partial charge < -0.3 is 55.7 Å². The number of nitrogens with one attached hydrogen (secondary N) is 3. The van der Waals surface area contributed by atoms with Gasteiger partial charge in [-0.15, -0.1) is 5.10 Å². The summed E-state index contributed by atoms with van der Waals surface area (Å²) < 4.78 is 44.2. The van der Waals surface area contributed by atoms with Crippen LogP contribution in [0.15, 0.2) is 30.5 Å². The second-order valence-electron chi connectivity index (χ2n) is 13.2. The molecule has 8 N–H and O–H groups in total. The second-order valence-corrected chi connectivity index (χ2v) is 13.2. The topological polar surface area (TPSA) is 264 Å². The quantitative estimate of drug-likeness (QED) is 0.0602. The molecule has 0 unspecified atom stereocenters. The molecular formula is C35H52F2N6O12. The molecule has 1 fully saturated rings. The van der Waals surface area contributed by atoms with Crippen molar-refractivity contribution < 1.29 is 67.7 Å². The number of carboxylic acid groups (broad SMARTS) is 1. The number of aliphatic hydroxyl groups excluding tert-OH is 4.